The zero-order valence-corrected chi connectivity index (χ0v) is 13.3. The van der Waals surface area contributed by atoms with Gasteiger partial charge in [-0.1, -0.05) is 32.5 Å². The molecule has 1 aliphatic heterocycles. The Kier molecular flexibility index (Phi) is 9.25. The summed E-state index contributed by atoms with van der Waals surface area (Å²) in [6.07, 6.45) is 8.00. The van der Waals surface area contributed by atoms with Crippen LogP contribution in [0.1, 0.15) is 51.9 Å². The van der Waals surface area contributed by atoms with Gasteiger partial charge in [-0.15, -0.1) is 11.8 Å². The van der Waals surface area contributed by atoms with Gasteiger partial charge in [0.05, 0.1) is 13.8 Å². The van der Waals surface area contributed by atoms with E-state index >= 15 is 0 Å². The van der Waals surface area contributed by atoms with Crippen molar-refractivity contribution >= 4 is 13.8 Å². The monoisotopic (exact) mass is 289 g/mol. The molecule has 1 N–H and O–H groups in total. The number of carboxylic acids is 1. The molecule has 0 saturated carbocycles. The molecule has 2 radical (unpaired) electrons. The molecule has 21 heavy (non-hydrogen) atoms. The minimum Gasteiger partial charge on any atom is -0.481 e. The number of carboxylic acid groups (broad SMARTS) is 1. The first-order valence-corrected chi connectivity index (χ1v) is 8.30. The highest BCUT2D eigenvalue weighted by molar-refractivity contribution is 6.08. The maximum Gasteiger partial charge on any atom is 0.308 e. The summed E-state index contributed by atoms with van der Waals surface area (Å²) in [5.74, 6) is 5.79. The highest BCUT2D eigenvalue weighted by Gasteiger charge is 2.36. The first-order chi connectivity index (χ1) is 10.2. The molecule has 0 aliphatic carbocycles. The fourth-order valence-electron chi connectivity index (χ4n) is 2.95. The second-order valence-corrected chi connectivity index (χ2v) is 5.96. The van der Waals surface area contributed by atoms with Crippen LogP contribution in [0.4, 0.5) is 0 Å². The molecule has 0 amide bonds. The van der Waals surface area contributed by atoms with Crippen LogP contribution in [0.3, 0.4) is 0 Å². The summed E-state index contributed by atoms with van der Waals surface area (Å²) in [4.78, 5) is 13.6. The first kappa shape index (κ1) is 18.1. The van der Waals surface area contributed by atoms with Gasteiger partial charge in [0.2, 0.25) is 0 Å². The van der Waals surface area contributed by atoms with Crippen molar-refractivity contribution in [2.45, 2.75) is 58.2 Å². The zero-order valence-electron chi connectivity index (χ0n) is 13.3. The molecule has 4 heteroatoms. The minimum atomic E-state index is -0.662. The van der Waals surface area contributed by atoms with E-state index < -0.39 is 5.97 Å². The number of rotatable bonds is 9. The smallest absolute Gasteiger partial charge is 0.308 e. The largest absolute Gasteiger partial charge is 0.481 e. The highest BCUT2D eigenvalue weighted by Crippen LogP contribution is 2.28. The van der Waals surface area contributed by atoms with Gasteiger partial charge < -0.3 is 10.0 Å². The van der Waals surface area contributed by atoms with Crippen molar-refractivity contribution in [2.24, 2.45) is 11.8 Å². The van der Waals surface area contributed by atoms with Crippen molar-refractivity contribution in [2.75, 3.05) is 19.6 Å². The maximum absolute atomic E-state index is 11.3. The van der Waals surface area contributed by atoms with Crippen molar-refractivity contribution < 1.29 is 9.90 Å². The number of hydrogen-bond acceptors (Lipinski definition) is 2. The molecule has 1 saturated heterocycles. The number of carbonyl (C=O) groups is 1. The van der Waals surface area contributed by atoms with Crippen molar-refractivity contribution in [3.63, 3.8) is 0 Å². The van der Waals surface area contributed by atoms with Crippen LogP contribution in [0.15, 0.2) is 0 Å². The van der Waals surface area contributed by atoms with Gasteiger partial charge >= 0.3 is 5.97 Å². The lowest BCUT2D eigenvalue weighted by Gasteiger charge is -2.14. The van der Waals surface area contributed by atoms with Crippen molar-refractivity contribution in [1.82, 2.24) is 4.90 Å². The molecule has 0 spiro atoms. The van der Waals surface area contributed by atoms with Gasteiger partial charge in [0.1, 0.15) is 0 Å². The molecule has 1 fully saturated rings. The third kappa shape index (κ3) is 7.04. The fraction of sp³-hybridized carbons (Fsp3) is 0.824. The van der Waals surface area contributed by atoms with Crippen molar-refractivity contribution in [3.8, 4) is 11.8 Å². The van der Waals surface area contributed by atoms with Crippen LogP contribution in [0, 0.1) is 23.7 Å². The lowest BCUT2D eigenvalue weighted by molar-refractivity contribution is -0.142. The molecule has 116 valence electrons. The van der Waals surface area contributed by atoms with E-state index in [2.05, 4.69) is 23.7 Å². The third-order valence-corrected chi connectivity index (χ3v) is 4.20. The summed E-state index contributed by atoms with van der Waals surface area (Å²) >= 11 is 0. The van der Waals surface area contributed by atoms with Gasteiger partial charge in [0.25, 0.3) is 0 Å². The summed E-state index contributed by atoms with van der Waals surface area (Å²) in [5, 5.41) is 9.31. The van der Waals surface area contributed by atoms with E-state index in [9.17, 15) is 9.90 Å². The molecular weight excluding hydrogens is 261 g/mol. The van der Waals surface area contributed by atoms with Gasteiger partial charge in [-0.3, -0.25) is 4.79 Å². The fourth-order valence-corrected chi connectivity index (χ4v) is 2.95. The number of nitrogens with zero attached hydrogens (tertiary/aromatic N) is 1. The van der Waals surface area contributed by atoms with Crippen LogP contribution in [-0.4, -0.2) is 43.5 Å². The lowest BCUT2D eigenvalue weighted by atomic mass is 9.88. The van der Waals surface area contributed by atoms with E-state index in [-0.39, 0.29) is 11.8 Å². The van der Waals surface area contributed by atoms with Gasteiger partial charge in [-0.2, -0.15) is 0 Å². The van der Waals surface area contributed by atoms with E-state index in [1.807, 2.05) is 0 Å². The molecule has 1 rings (SSSR count). The van der Waals surface area contributed by atoms with Crippen LogP contribution in [0.25, 0.3) is 0 Å². The molecule has 2 atom stereocenters. The summed E-state index contributed by atoms with van der Waals surface area (Å²) < 4.78 is 0. The van der Waals surface area contributed by atoms with E-state index in [0.29, 0.717) is 12.9 Å². The Balaban J connectivity index is 2.28. The lowest BCUT2D eigenvalue weighted by Crippen LogP contribution is -2.24. The topological polar surface area (TPSA) is 40.5 Å². The Morgan fingerprint density at radius 3 is 2.67 bits per heavy atom. The van der Waals surface area contributed by atoms with Crippen molar-refractivity contribution in [3.05, 3.63) is 0 Å². The number of aliphatic carboxylic acids is 1. The van der Waals surface area contributed by atoms with E-state index in [1.165, 1.54) is 19.3 Å². The molecule has 0 bridgehead atoms. The van der Waals surface area contributed by atoms with Crippen LogP contribution < -0.4 is 0 Å². The minimum absolute atomic E-state index is 0.228. The Morgan fingerprint density at radius 1 is 1.24 bits per heavy atom. The van der Waals surface area contributed by atoms with Crippen LogP contribution in [-0.2, 0) is 4.79 Å². The van der Waals surface area contributed by atoms with Crippen LogP contribution in [0.5, 0.6) is 0 Å². The molecule has 3 nitrogen and oxygen atoms in total. The highest BCUT2D eigenvalue weighted by atomic mass is 16.4. The second-order valence-electron chi connectivity index (χ2n) is 5.96. The summed E-state index contributed by atoms with van der Waals surface area (Å²) in [6, 6.07) is 0. The second kappa shape index (κ2) is 10.7. The zero-order chi connectivity index (χ0) is 15.5. The summed E-state index contributed by atoms with van der Waals surface area (Å²) in [7, 11) is 5.53. The van der Waals surface area contributed by atoms with Gasteiger partial charge in [0, 0.05) is 32.5 Å². The van der Waals surface area contributed by atoms with E-state index in [0.717, 1.165) is 38.8 Å². The Labute approximate surface area is 130 Å². The molecule has 0 unspecified atom stereocenters. The third-order valence-electron chi connectivity index (χ3n) is 4.20. The van der Waals surface area contributed by atoms with Crippen LogP contribution in [0.2, 0.25) is 6.32 Å². The molecule has 1 heterocycles. The molecule has 1 aliphatic rings. The predicted octanol–water partition coefficient (Wildman–Crippen LogP) is 2.96. The van der Waals surface area contributed by atoms with Crippen LogP contribution >= 0.6 is 0 Å². The van der Waals surface area contributed by atoms with Crippen molar-refractivity contribution in [1.29, 1.82) is 0 Å². The van der Waals surface area contributed by atoms with Gasteiger partial charge in [-0.05, 0) is 18.8 Å². The Bertz CT molecular complexity index is 362. The number of hydrogen-bond donors (Lipinski definition) is 1. The summed E-state index contributed by atoms with van der Waals surface area (Å²) in [6.45, 7) is 4.64. The predicted molar refractivity (Wildman–Crippen MR) is 87.4 cm³/mol. The molecular formula is C17H28BNO2. The number of unbranched alkanes of at least 4 members (excludes halogenated alkanes) is 3. The average Bonchev–Trinajstić information content (AvgIpc) is 2.87. The Morgan fingerprint density at radius 2 is 2.00 bits per heavy atom. The molecule has 0 aromatic heterocycles. The number of likely N-dealkylation sites (tertiary alicyclic amines) is 1. The van der Waals surface area contributed by atoms with E-state index in [4.69, 9.17) is 7.85 Å². The van der Waals surface area contributed by atoms with Gasteiger partial charge in [-0.25, -0.2) is 0 Å². The SMILES string of the molecule is [B]CCC[C@H]1CN(CCC#CCCCCC)C[C@H]1C(=O)O. The standard InChI is InChI=1S/C17H28BNO2/c1-2-3-4-5-6-7-8-12-19-13-15(10-9-11-18)16(14-19)17(20)21/h15-16H,2-5,8-14H2,1H3,(H,20,21)/t15-,16+/m0/s1. The Hall–Kier alpha value is -0.945. The quantitative estimate of drug-likeness (QED) is 0.403. The maximum atomic E-state index is 11.3. The molecule has 0 aromatic rings. The molecule has 0 aromatic carbocycles. The summed E-state index contributed by atoms with van der Waals surface area (Å²) in [5.41, 5.74) is 0. The first-order valence-electron chi connectivity index (χ1n) is 8.30. The van der Waals surface area contributed by atoms with Gasteiger partial charge in [0.15, 0.2) is 0 Å². The average molecular weight is 289 g/mol. The van der Waals surface area contributed by atoms with E-state index in [1.54, 1.807) is 0 Å². The normalized spacial score (nSPS) is 22.0.